The quantitative estimate of drug-likeness (QED) is 0.150. The molecule has 3 rings (SSSR count). The zero-order valence-electron chi connectivity index (χ0n) is 17.6. The number of carbonyl (C=O) groups excluding carboxylic acids is 2. The predicted octanol–water partition coefficient (Wildman–Crippen LogP) is 5.53. The van der Waals surface area contributed by atoms with Gasteiger partial charge >= 0.3 is 5.97 Å². The van der Waals surface area contributed by atoms with E-state index in [1.54, 1.807) is 49.4 Å². The van der Waals surface area contributed by atoms with Crippen molar-refractivity contribution in [2.45, 2.75) is 13.0 Å². The monoisotopic (exact) mass is 482 g/mol. The molecule has 8 heteroatoms. The third-order valence-electron chi connectivity index (χ3n) is 4.27. The summed E-state index contributed by atoms with van der Waals surface area (Å²) in [6.45, 7) is 1.57. The third-order valence-corrected chi connectivity index (χ3v) is 4.80. The summed E-state index contributed by atoms with van der Waals surface area (Å²) in [5.74, 6) is -0.201. The number of hydrogen-bond acceptors (Lipinski definition) is 5. The first kappa shape index (κ1) is 24.0. The van der Waals surface area contributed by atoms with Gasteiger partial charge in [-0.15, -0.1) is 0 Å². The van der Waals surface area contributed by atoms with E-state index in [0.717, 1.165) is 5.56 Å². The third kappa shape index (κ3) is 7.79. The van der Waals surface area contributed by atoms with E-state index in [9.17, 15) is 9.59 Å². The van der Waals surface area contributed by atoms with Crippen LogP contribution in [0.25, 0.3) is 6.08 Å². The van der Waals surface area contributed by atoms with Crippen molar-refractivity contribution in [3.8, 4) is 11.5 Å². The van der Waals surface area contributed by atoms with Crippen LogP contribution in [0.15, 0.2) is 84.0 Å². The predicted molar refractivity (Wildman–Crippen MR) is 130 cm³/mol. The largest absolute Gasteiger partial charge is 0.479 e. The van der Waals surface area contributed by atoms with E-state index in [1.165, 1.54) is 18.4 Å². The van der Waals surface area contributed by atoms with Crippen molar-refractivity contribution >= 4 is 47.4 Å². The highest BCUT2D eigenvalue weighted by Crippen LogP contribution is 2.28. The Bertz CT molecular complexity index is 1160. The molecule has 3 aromatic carbocycles. The SMILES string of the molecule is CC(Oc1ccc(Cl)cc1Cl)C(=O)NN=Cc1ccc(OC(=O)C=Cc2ccccc2)cc1. The Morgan fingerprint density at radius 2 is 1.70 bits per heavy atom. The number of esters is 1. The van der Waals surface area contributed by atoms with Crippen molar-refractivity contribution in [3.05, 3.63) is 100 Å². The van der Waals surface area contributed by atoms with E-state index >= 15 is 0 Å². The molecule has 1 amide bonds. The highest BCUT2D eigenvalue weighted by Gasteiger charge is 2.15. The topological polar surface area (TPSA) is 77.0 Å². The summed E-state index contributed by atoms with van der Waals surface area (Å²) >= 11 is 11.9. The average molecular weight is 483 g/mol. The Morgan fingerprint density at radius 3 is 2.39 bits per heavy atom. The molecule has 0 aliphatic carbocycles. The van der Waals surface area contributed by atoms with Gasteiger partial charge in [0.15, 0.2) is 6.10 Å². The number of ether oxygens (including phenoxy) is 2. The number of amides is 1. The Morgan fingerprint density at radius 1 is 0.970 bits per heavy atom. The van der Waals surface area contributed by atoms with Gasteiger partial charge in [0.1, 0.15) is 11.5 Å². The maximum absolute atomic E-state index is 12.2. The van der Waals surface area contributed by atoms with Gasteiger partial charge in [0, 0.05) is 11.1 Å². The van der Waals surface area contributed by atoms with Gasteiger partial charge in [0.2, 0.25) is 0 Å². The Kier molecular flexibility index (Phi) is 8.63. The van der Waals surface area contributed by atoms with E-state index < -0.39 is 18.0 Å². The molecule has 0 bridgehead atoms. The summed E-state index contributed by atoms with van der Waals surface area (Å²) in [5, 5.41) is 4.70. The lowest BCUT2D eigenvalue weighted by Crippen LogP contribution is -2.33. The first-order chi connectivity index (χ1) is 15.9. The second kappa shape index (κ2) is 11.9. The molecule has 33 heavy (non-hydrogen) atoms. The van der Waals surface area contributed by atoms with Gasteiger partial charge < -0.3 is 9.47 Å². The minimum absolute atomic E-state index is 0.307. The second-order valence-corrected chi connectivity index (χ2v) is 7.65. The molecule has 3 aromatic rings. The molecule has 0 aliphatic rings. The molecule has 0 aromatic heterocycles. The Hall–Kier alpha value is -3.61. The summed E-state index contributed by atoms with van der Waals surface area (Å²) in [4.78, 5) is 24.1. The van der Waals surface area contributed by atoms with Crippen LogP contribution < -0.4 is 14.9 Å². The van der Waals surface area contributed by atoms with Gasteiger partial charge in [0.05, 0.1) is 11.2 Å². The Labute approximate surface area is 201 Å². The van der Waals surface area contributed by atoms with E-state index in [4.69, 9.17) is 32.7 Å². The summed E-state index contributed by atoms with van der Waals surface area (Å²) in [6.07, 6.45) is 3.67. The second-order valence-electron chi connectivity index (χ2n) is 6.80. The van der Waals surface area contributed by atoms with E-state index in [0.29, 0.717) is 27.1 Å². The number of hydrogen-bond donors (Lipinski definition) is 1. The van der Waals surface area contributed by atoms with Crippen LogP contribution in [-0.2, 0) is 9.59 Å². The molecule has 0 aliphatic heterocycles. The molecular formula is C25H20Cl2N2O4. The number of benzene rings is 3. The fourth-order valence-corrected chi connectivity index (χ4v) is 3.03. The number of carbonyl (C=O) groups is 2. The van der Waals surface area contributed by atoms with Gasteiger partial charge in [0.25, 0.3) is 5.91 Å². The van der Waals surface area contributed by atoms with Crippen LogP contribution in [0.5, 0.6) is 11.5 Å². The average Bonchev–Trinajstić information content (AvgIpc) is 2.81. The molecule has 1 unspecified atom stereocenters. The van der Waals surface area contributed by atoms with Crippen LogP contribution in [-0.4, -0.2) is 24.2 Å². The maximum atomic E-state index is 12.2. The molecule has 0 heterocycles. The first-order valence-corrected chi connectivity index (χ1v) is 10.7. The number of hydrazone groups is 1. The van der Waals surface area contributed by atoms with Gasteiger partial charge in [-0.05, 0) is 66.6 Å². The smallest absolute Gasteiger partial charge is 0.336 e. The van der Waals surface area contributed by atoms with E-state index in [2.05, 4.69) is 10.5 Å². The van der Waals surface area contributed by atoms with Crippen LogP contribution in [0.4, 0.5) is 0 Å². The lowest BCUT2D eigenvalue weighted by atomic mass is 10.2. The first-order valence-electron chi connectivity index (χ1n) is 9.90. The van der Waals surface area contributed by atoms with Gasteiger partial charge in [-0.3, -0.25) is 4.79 Å². The van der Waals surface area contributed by atoms with E-state index in [1.807, 2.05) is 30.3 Å². The molecule has 0 radical (unpaired) electrons. The van der Waals surface area contributed by atoms with Crippen molar-refractivity contribution in [2.24, 2.45) is 5.10 Å². The number of nitrogens with one attached hydrogen (secondary N) is 1. The van der Waals surface area contributed by atoms with Crippen LogP contribution in [0, 0.1) is 0 Å². The summed E-state index contributed by atoms with van der Waals surface area (Å²) in [7, 11) is 0. The minimum Gasteiger partial charge on any atom is -0.479 e. The highest BCUT2D eigenvalue weighted by molar-refractivity contribution is 6.35. The summed E-state index contributed by atoms with van der Waals surface area (Å²) < 4.78 is 10.8. The van der Waals surface area contributed by atoms with E-state index in [-0.39, 0.29) is 0 Å². The van der Waals surface area contributed by atoms with Gasteiger partial charge in [-0.1, -0.05) is 53.5 Å². The molecular weight excluding hydrogens is 463 g/mol. The summed E-state index contributed by atoms with van der Waals surface area (Å²) in [5.41, 5.74) is 4.00. The molecule has 1 atom stereocenters. The zero-order chi connectivity index (χ0) is 23.6. The van der Waals surface area contributed by atoms with Crippen LogP contribution in [0.3, 0.4) is 0 Å². The van der Waals surface area contributed by atoms with Crippen molar-refractivity contribution in [3.63, 3.8) is 0 Å². The lowest BCUT2D eigenvalue weighted by molar-refractivity contribution is -0.129. The molecule has 1 N–H and O–H groups in total. The normalized spacial score (nSPS) is 12.0. The number of rotatable bonds is 8. The van der Waals surface area contributed by atoms with Crippen LogP contribution in [0.1, 0.15) is 18.1 Å². The molecule has 0 saturated carbocycles. The van der Waals surface area contributed by atoms with Crippen LogP contribution in [0.2, 0.25) is 10.0 Å². The van der Waals surface area contributed by atoms with Gasteiger partial charge in [-0.25, -0.2) is 10.2 Å². The lowest BCUT2D eigenvalue weighted by Gasteiger charge is -2.14. The van der Waals surface area contributed by atoms with Crippen LogP contribution >= 0.6 is 23.2 Å². The Balaban J connectivity index is 1.47. The zero-order valence-corrected chi connectivity index (χ0v) is 19.1. The van der Waals surface area contributed by atoms with Crippen molar-refractivity contribution in [2.75, 3.05) is 0 Å². The standard InChI is InChI=1S/C25H20Cl2N2O4/c1-17(32-23-13-10-20(26)15-22(23)27)25(31)29-28-16-19-7-11-21(12-8-19)33-24(30)14-9-18-5-3-2-4-6-18/h2-17H,1H3,(H,29,31). The fourth-order valence-electron chi connectivity index (χ4n) is 2.58. The van der Waals surface area contributed by atoms with Crippen molar-refractivity contribution < 1.29 is 19.1 Å². The van der Waals surface area contributed by atoms with Crippen molar-refractivity contribution in [1.82, 2.24) is 5.43 Å². The molecule has 168 valence electrons. The fraction of sp³-hybridized carbons (Fsp3) is 0.0800. The molecule has 0 saturated heterocycles. The highest BCUT2D eigenvalue weighted by atomic mass is 35.5. The van der Waals surface area contributed by atoms with Gasteiger partial charge in [-0.2, -0.15) is 5.10 Å². The number of halogens is 2. The summed E-state index contributed by atoms with van der Waals surface area (Å²) in [6, 6.07) is 20.8. The maximum Gasteiger partial charge on any atom is 0.336 e. The molecule has 0 spiro atoms. The van der Waals surface area contributed by atoms with Crippen molar-refractivity contribution in [1.29, 1.82) is 0 Å². The molecule has 0 fully saturated rings. The minimum atomic E-state index is -0.827. The number of nitrogens with zero attached hydrogens (tertiary/aromatic N) is 1. The molecule has 6 nitrogen and oxygen atoms in total.